The molecule has 0 amide bonds. The molecule has 2 aliphatic heterocycles. The monoisotopic (exact) mass is 463 g/mol. The van der Waals surface area contributed by atoms with E-state index in [1.807, 2.05) is 0 Å². The Morgan fingerprint density at radius 1 is 0.812 bits per heavy atom. The number of hydrogen-bond donors (Lipinski definition) is 7. The van der Waals surface area contributed by atoms with Crippen molar-refractivity contribution in [1.29, 1.82) is 0 Å². The van der Waals surface area contributed by atoms with Crippen LogP contribution in [0.2, 0.25) is 0 Å². The Balaban J connectivity index is 1.70. The zero-order valence-electron chi connectivity index (χ0n) is 16.5. The van der Waals surface area contributed by atoms with Gasteiger partial charge >= 0.3 is 0 Å². The predicted octanol–water partition coefficient (Wildman–Crippen LogP) is -3.40. The lowest BCUT2D eigenvalue weighted by molar-refractivity contribution is -0.384. The molecule has 180 valence electrons. The fourth-order valence-corrected chi connectivity index (χ4v) is 3.43. The third kappa shape index (κ3) is 4.99. The van der Waals surface area contributed by atoms with Gasteiger partial charge in [-0.15, -0.1) is 0 Å². The van der Waals surface area contributed by atoms with Crippen molar-refractivity contribution >= 4 is 5.69 Å². The van der Waals surface area contributed by atoms with Crippen molar-refractivity contribution < 1.29 is 59.6 Å². The molecule has 14 heteroatoms. The first-order valence-corrected chi connectivity index (χ1v) is 9.67. The second-order valence-electron chi connectivity index (χ2n) is 7.37. The smallest absolute Gasteiger partial charge is 0.269 e. The van der Waals surface area contributed by atoms with E-state index in [4.69, 9.17) is 18.9 Å². The highest BCUT2D eigenvalue weighted by Crippen LogP contribution is 2.30. The number of non-ortho nitro benzene ring substituents is 1. The number of nitro groups is 1. The second-order valence-corrected chi connectivity index (χ2v) is 7.37. The van der Waals surface area contributed by atoms with Crippen LogP contribution in [-0.2, 0) is 14.2 Å². The van der Waals surface area contributed by atoms with Gasteiger partial charge < -0.3 is 54.7 Å². The molecule has 2 fully saturated rings. The van der Waals surface area contributed by atoms with Crippen molar-refractivity contribution in [2.45, 2.75) is 61.4 Å². The number of hydrogen-bond acceptors (Lipinski definition) is 13. The molecule has 1 aromatic rings. The molecular formula is C18H25NO13. The normalized spacial score (nSPS) is 40.1. The molecule has 2 heterocycles. The van der Waals surface area contributed by atoms with Gasteiger partial charge in [0.2, 0.25) is 6.29 Å². The number of aliphatic hydroxyl groups excluding tert-OH is 7. The van der Waals surface area contributed by atoms with E-state index in [0.717, 1.165) is 12.1 Å². The van der Waals surface area contributed by atoms with E-state index in [1.165, 1.54) is 12.1 Å². The van der Waals surface area contributed by atoms with Crippen LogP contribution in [0.5, 0.6) is 5.75 Å². The quantitative estimate of drug-likeness (QED) is 0.155. The van der Waals surface area contributed by atoms with Gasteiger partial charge in [-0.05, 0) is 12.1 Å². The summed E-state index contributed by atoms with van der Waals surface area (Å²) in [6, 6.07) is 4.83. The van der Waals surface area contributed by atoms with E-state index in [1.54, 1.807) is 0 Å². The summed E-state index contributed by atoms with van der Waals surface area (Å²) in [7, 11) is 0. The maximum Gasteiger partial charge on any atom is 0.269 e. The minimum Gasteiger partial charge on any atom is -0.462 e. The molecule has 1 aromatic carbocycles. The van der Waals surface area contributed by atoms with Crippen LogP contribution in [0.3, 0.4) is 0 Å². The Morgan fingerprint density at radius 3 is 1.94 bits per heavy atom. The zero-order valence-corrected chi connectivity index (χ0v) is 16.5. The maximum atomic E-state index is 10.7. The summed E-state index contributed by atoms with van der Waals surface area (Å²) >= 11 is 0. The Morgan fingerprint density at radius 2 is 1.38 bits per heavy atom. The molecule has 0 unspecified atom stereocenters. The van der Waals surface area contributed by atoms with E-state index >= 15 is 0 Å². The standard InChI is InChI=1S/C18H25NO13/c20-5-9-11(22)12(23)14(25)18(30-9)32-16-10(6-21)31-17(15(26)13(16)24)29-8-3-1-7(2-4-8)19(27)28/h1-4,9-18,20-26H,5-6H2/t9-,10-,11+,12+,13-,14+,15+,16+,17+,18-/m0/s1. The number of nitro benzene ring substituents is 1. The fourth-order valence-electron chi connectivity index (χ4n) is 3.43. The van der Waals surface area contributed by atoms with E-state index in [-0.39, 0.29) is 11.4 Å². The van der Waals surface area contributed by atoms with Crippen molar-refractivity contribution in [3.8, 4) is 5.75 Å². The average molecular weight is 463 g/mol. The third-order valence-electron chi connectivity index (χ3n) is 5.26. The van der Waals surface area contributed by atoms with Gasteiger partial charge in [-0.1, -0.05) is 0 Å². The molecule has 0 bridgehead atoms. The molecule has 0 aromatic heterocycles. The molecule has 0 saturated carbocycles. The number of benzene rings is 1. The SMILES string of the molecule is O=[N+]([O-])c1ccc(O[C@@H]2O[C@@H](CO)[C@@H](O[C@@H]3O[C@@H](CO)[C@@H](O)[C@@H](O)[C@H]3O)[C@@H](O)[C@H]2O)cc1. The Hall–Kier alpha value is -1.98. The van der Waals surface area contributed by atoms with Crippen molar-refractivity contribution in [2.24, 2.45) is 0 Å². The second kappa shape index (κ2) is 10.3. The van der Waals surface area contributed by atoms with Crippen LogP contribution in [-0.4, -0.2) is 115 Å². The average Bonchev–Trinajstić information content (AvgIpc) is 2.79. The van der Waals surface area contributed by atoms with Crippen LogP contribution < -0.4 is 4.74 Å². The predicted molar refractivity (Wildman–Crippen MR) is 100 cm³/mol. The van der Waals surface area contributed by atoms with Crippen molar-refractivity contribution in [3.05, 3.63) is 34.4 Å². The van der Waals surface area contributed by atoms with E-state index < -0.39 is 79.5 Å². The first kappa shape index (κ1) is 24.7. The summed E-state index contributed by atoms with van der Waals surface area (Å²) in [6.07, 6.45) is -15.7. The van der Waals surface area contributed by atoms with Gasteiger partial charge in [0, 0.05) is 12.1 Å². The number of aliphatic hydroxyl groups is 7. The van der Waals surface area contributed by atoms with Crippen LogP contribution in [0, 0.1) is 10.1 Å². The van der Waals surface area contributed by atoms with Crippen LogP contribution >= 0.6 is 0 Å². The van der Waals surface area contributed by atoms with Gasteiger partial charge in [0.15, 0.2) is 6.29 Å². The highest BCUT2D eigenvalue weighted by molar-refractivity contribution is 5.36. The Bertz CT molecular complexity index is 760. The van der Waals surface area contributed by atoms with Gasteiger partial charge in [-0.3, -0.25) is 10.1 Å². The summed E-state index contributed by atoms with van der Waals surface area (Å²) in [5.74, 6) is 0.0804. The summed E-state index contributed by atoms with van der Waals surface area (Å²) in [5, 5.41) is 80.4. The molecule has 32 heavy (non-hydrogen) atoms. The topological polar surface area (TPSA) is 222 Å². The van der Waals surface area contributed by atoms with Crippen LogP contribution in [0.1, 0.15) is 0 Å². The molecule has 0 aliphatic carbocycles. The summed E-state index contributed by atoms with van der Waals surface area (Å²) < 4.78 is 21.5. The lowest BCUT2D eigenvalue weighted by Gasteiger charge is -2.45. The molecule has 14 nitrogen and oxygen atoms in total. The molecule has 7 N–H and O–H groups in total. The van der Waals surface area contributed by atoms with Crippen molar-refractivity contribution in [3.63, 3.8) is 0 Å². The molecular weight excluding hydrogens is 438 g/mol. The van der Waals surface area contributed by atoms with Gasteiger partial charge in [-0.2, -0.15) is 0 Å². The molecule has 0 spiro atoms. The van der Waals surface area contributed by atoms with Crippen molar-refractivity contribution in [2.75, 3.05) is 13.2 Å². The van der Waals surface area contributed by atoms with E-state index in [2.05, 4.69) is 0 Å². The number of ether oxygens (including phenoxy) is 4. The van der Waals surface area contributed by atoms with Gasteiger partial charge in [0.05, 0.1) is 18.1 Å². The van der Waals surface area contributed by atoms with Crippen LogP contribution in [0.4, 0.5) is 5.69 Å². The molecule has 10 atom stereocenters. The van der Waals surface area contributed by atoms with Crippen LogP contribution in [0.15, 0.2) is 24.3 Å². The minimum absolute atomic E-state index is 0.0804. The zero-order chi connectivity index (χ0) is 23.6. The number of nitrogens with zero attached hydrogens (tertiary/aromatic N) is 1. The van der Waals surface area contributed by atoms with Gasteiger partial charge in [-0.25, -0.2) is 0 Å². The molecule has 0 radical (unpaired) electrons. The maximum absolute atomic E-state index is 10.7. The molecule has 2 saturated heterocycles. The van der Waals surface area contributed by atoms with Crippen molar-refractivity contribution in [1.82, 2.24) is 0 Å². The van der Waals surface area contributed by atoms with Gasteiger partial charge in [0.1, 0.15) is 54.6 Å². The lowest BCUT2D eigenvalue weighted by Crippen LogP contribution is -2.65. The highest BCUT2D eigenvalue weighted by Gasteiger charge is 2.51. The summed E-state index contributed by atoms with van der Waals surface area (Å²) in [4.78, 5) is 10.1. The number of rotatable bonds is 7. The van der Waals surface area contributed by atoms with E-state index in [9.17, 15) is 45.9 Å². The Kier molecular flexibility index (Phi) is 7.94. The fraction of sp³-hybridized carbons (Fsp3) is 0.667. The lowest BCUT2D eigenvalue weighted by atomic mass is 9.97. The van der Waals surface area contributed by atoms with Gasteiger partial charge in [0.25, 0.3) is 5.69 Å². The molecule has 2 aliphatic rings. The summed E-state index contributed by atoms with van der Waals surface area (Å²) in [6.45, 7) is -1.42. The van der Waals surface area contributed by atoms with E-state index in [0.29, 0.717) is 0 Å². The minimum atomic E-state index is -1.77. The van der Waals surface area contributed by atoms with Crippen LogP contribution in [0.25, 0.3) is 0 Å². The third-order valence-corrected chi connectivity index (χ3v) is 5.26. The Labute approximate surface area is 180 Å². The molecule has 3 rings (SSSR count). The highest BCUT2D eigenvalue weighted by atomic mass is 16.7. The summed E-state index contributed by atoms with van der Waals surface area (Å²) in [5.41, 5.74) is -0.191. The first-order valence-electron chi connectivity index (χ1n) is 9.67. The first-order chi connectivity index (χ1) is 15.2. The largest absolute Gasteiger partial charge is 0.462 e.